The summed E-state index contributed by atoms with van der Waals surface area (Å²) in [5, 5.41) is 0. The van der Waals surface area contributed by atoms with Crippen molar-refractivity contribution in [3.05, 3.63) is 0 Å². The third kappa shape index (κ3) is 4.30. The summed E-state index contributed by atoms with van der Waals surface area (Å²) in [5.74, 6) is 0.765. The van der Waals surface area contributed by atoms with Crippen LogP contribution in [-0.4, -0.2) is 25.5 Å². The molecule has 1 fully saturated rings. The van der Waals surface area contributed by atoms with E-state index in [4.69, 9.17) is 16.9 Å². The minimum atomic E-state index is -3.14. The molecule has 4 unspecified atom stereocenters. The van der Waals surface area contributed by atoms with Gasteiger partial charge >= 0.3 is 7.60 Å². The molecule has 18 heavy (non-hydrogen) atoms. The fourth-order valence-electron chi connectivity index (χ4n) is 2.50. The summed E-state index contributed by atoms with van der Waals surface area (Å²) >= 11 is 4.11. The van der Waals surface area contributed by atoms with Gasteiger partial charge in [0, 0.05) is 0 Å². The summed E-state index contributed by atoms with van der Waals surface area (Å²) in [4.78, 5) is 0. The molecule has 104 valence electrons. The topological polar surface area (TPSA) is 35.5 Å². The van der Waals surface area contributed by atoms with Gasteiger partial charge in [0.2, 0.25) is 0 Å². The first kappa shape index (κ1) is 16.6. The van der Waals surface area contributed by atoms with Crippen LogP contribution in [0.4, 0.5) is 0 Å². The Morgan fingerprint density at radius 2 is 1.94 bits per heavy atom. The lowest BCUT2D eigenvalue weighted by atomic mass is 9.81. The Kier molecular flexibility index (Phi) is 6.31. The Morgan fingerprint density at radius 1 is 1.33 bits per heavy atom. The molecule has 0 spiro atoms. The molecule has 0 aromatic rings. The highest BCUT2D eigenvalue weighted by atomic mass is 32.1. The largest absolute Gasteiger partial charge is 0.340 e. The molecule has 0 amide bonds. The number of rotatable bonds is 6. The van der Waals surface area contributed by atoms with Crippen LogP contribution in [0, 0.1) is 11.8 Å². The van der Waals surface area contributed by atoms with E-state index in [2.05, 4.69) is 26.5 Å². The van der Waals surface area contributed by atoms with Crippen LogP contribution in [0.5, 0.6) is 0 Å². The van der Waals surface area contributed by atoms with Crippen LogP contribution in [0.3, 0.4) is 0 Å². The highest BCUT2D eigenvalue weighted by molar-refractivity contribution is 7.88. The highest BCUT2D eigenvalue weighted by Gasteiger charge is 2.40. The summed E-state index contributed by atoms with van der Waals surface area (Å²) in [5.41, 5.74) is 0.0964. The molecular weight excluding hydrogens is 266 g/mol. The molecule has 0 aliphatic heterocycles. The summed E-state index contributed by atoms with van der Waals surface area (Å²) in [6.45, 7) is 7.98. The van der Waals surface area contributed by atoms with Crippen LogP contribution in [0.1, 0.15) is 40.5 Å². The molecule has 0 aromatic carbocycles. The molecule has 1 rings (SSSR count). The van der Waals surface area contributed by atoms with Crippen molar-refractivity contribution in [1.82, 2.24) is 0 Å². The predicted molar refractivity (Wildman–Crippen MR) is 79.6 cm³/mol. The van der Waals surface area contributed by atoms with Gasteiger partial charge in [0.25, 0.3) is 0 Å². The normalized spacial score (nSPS) is 32.1. The minimum Gasteiger partial charge on any atom is -0.305 e. The Balaban J connectivity index is 2.76. The molecule has 0 aromatic heterocycles. The van der Waals surface area contributed by atoms with E-state index in [9.17, 15) is 4.57 Å². The standard InChI is InChI=1S/C12H24BO3PS/c1-8(2)10-5-6-11(13)12(10)16-17(14,7-18)15-9(3)4/h8-12,18H,5-7H2,1-4H3. The minimum absolute atomic E-state index is 0.0543. The predicted octanol–water partition coefficient (Wildman–Crippen LogP) is 3.90. The molecule has 2 radical (unpaired) electrons. The molecule has 0 saturated heterocycles. The molecule has 0 bridgehead atoms. The number of hydrogen-bond acceptors (Lipinski definition) is 4. The van der Waals surface area contributed by atoms with Gasteiger partial charge in [-0.1, -0.05) is 26.1 Å². The van der Waals surface area contributed by atoms with Crippen LogP contribution in [0.15, 0.2) is 0 Å². The van der Waals surface area contributed by atoms with Crippen molar-refractivity contribution in [1.29, 1.82) is 0 Å². The van der Waals surface area contributed by atoms with E-state index in [1.807, 2.05) is 13.8 Å². The summed E-state index contributed by atoms with van der Waals surface area (Å²) < 4.78 is 23.7. The zero-order chi connectivity index (χ0) is 13.9. The second kappa shape index (κ2) is 6.83. The van der Waals surface area contributed by atoms with Crippen molar-refractivity contribution in [2.45, 2.75) is 58.6 Å². The maximum Gasteiger partial charge on any atom is 0.340 e. The maximum atomic E-state index is 12.5. The summed E-state index contributed by atoms with van der Waals surface area (Å²) in [6.07, 6.45) is 1.62. The lowest BCUT2D eigenvalue weighted by Crippen LogP contribution is -2.26. The first-order chi connectivity index (χ1) is 8.29. The van der Waals surface area contributed by atoms with Crippen molar-refractivity contribution in [2.75, 3.05) is 5.49 Å². The molecular formula is C12H24BO3PS. The Bertz CT molecular complexity index is 312. The first-order valence-corrected chi connectivity index (χ1v) is 8.97. The van der Waals surface area contributed by atoms with E-state index in [1.165, 1.54) is 0 Å². The van der Waals surface area contributed by atoms with Crippen LogP contribution < -0.4 is 0 Å². The first-order valence-electron chi connectivity index (χ1n) is 6.61. The van der Waals surface area contributed by atoms with Gasteiger partial charge in [-0.15, -0.1) is 0 Å². The van der Waals surface area contributed by atoms with E-state index in [0.717, 1.165) is 12.8 Å². The van der Waals surface area contributed by atoms with Gasteiger partial charge in [-0.3, -0.25) is 4.57 Å². The van der Waals surface area contributed by atoms with Crippen molar-refractivity contribution < 1.29 is 13.6 Å². The Morgan fingerprint density at radius 3 is 2.39 bits per heavy atom. The van der Waals surface area contributed by atoms with Gasteiger partial charge in [-0.2, -0.15) is 12.6 Å². The second-order valence-electron chi connectivity index (χ2n) is 5.63. The molecule has 3 nitrogen and oxygen atoms in total. The third-order valence-corrected chi connectivity index (χ3v) is 6.05. The van der Waals surface area contributed by atoms with Crippen LogP contribution in [-0.2, 0) is 13.6 Å². The second-order valence-corrected chi connectivity index (χ2v) is 8.40. The van der Waals surface area contributed by atoms with E-state index < -0.39 is 7.60 Å². The summed E-state index contributed by atoms with van der Waals surface area (Å²) in [6, 6.07) is 0. The van der Waals surface area contributed by atoms with Crippen LogP contribution in [0.2, 0.25) is 5.82 Å². The fourth-order valence-corrected chi connectivity index (χ4v) is 4.41. The van der Waals surface area contributed by atoms with Gasteiger partial charge < -0.3 is 9.05 Å². The van der Waals surface area contributed by atoms with Crippen LogP contribution in [0.25, 0.3) is 0 Å². The van der Waals surface area contributed by atoms with Gasteiger partial charge in [0.15, 0.2) is 0 Å². The molecule has 0 heterocycles. The van der Waals surface area contributed by atoms with Gasteiger partial charge in [-0.05, 0) is 32.1 Å². The molecule has 1 aliphatic rings. The molecule has 1 saturated carbocycles. The van der Waals surface area contributed by atoms with Gasteiger partial charge in [-0.25, -0.2) is 0 Å². The molecule has 0 N–H and O–H groups in total. The van der Waals surface area contributed by atoms with Crippen molar-refractivity contribution in [3.8, 4) is 0 Å². The Labute approximate surface area is 118 Å². The third-order valence-electron chi connectivity index (χ3n) is 3.36. The van der Waals surface area contributed by atoms with E-state index >= 15 is 0 Å². The van der Waals surface area contributed by atoms with E-state index in [1.54, 1.807) is 0 Å². The quantitative estimate of drug-likeness (QED) is 0.458. The SMILES string of the molecule is [B]C1CCC(C(C)C)C1OP(=O)(CS)OC(C)C. The lowest BCUT2D eigenvalue weighted by Gasteiger charge is -2.30. The monoisotopic (exact) mass is 290 g/mol. The number of hydrogen-bond donors (Lipinski definition) is 1. The van der Waals surface area contributed by atoms with Crippen molar-refractivity contribution in [2.24, 2.45) is 11.8 Å². The average molecular weight is 290 g/mol. The van der Waals surface area contributed by atoms with Crippen LogP contribution >= 0.6 is 20.2 Å². The highest BCUT2D eigenvalue weighted by Crippen LogP contribution is 2.55. The van der Waals surface area contributed by atoms with Crippen molar-refractivity contribution >= 4 is 28.1 Å². The zero-order valence-corrected chi connectivity index (χ0v) is 13.5. The summed E-state index contributed by atoms with van der Waals surface area (Å²) in [7, 11) is 2.94. The maximum absolute atomic E-state index is 12.5. The Hall–Kier alpha value is 0.565. The zero-order valence-electron chi connectivity index (χ0n) is 11.7. The molecule has 6 heteroatoms. The fraction of sp³-hybridized carbons (Fsp3) is 1.00. The van der Waals surface area contributed by atoms with Gasteiger partial charge in [0.1, 0.15) is 0 Å². The molecule has 4 atom stereocenters. The van der Waals surface area contributed by atoms with Crippen molar-refractivity contribution in [3.63, 3.8) is 0 Å². The average Bonchev–Trinajstić information content (AvgIpc) is 2.59. The number of thiol groups is 1. The van der Waals surface area contributed by atoms with Gasteiger partial charge in [0.05, 0.1) is 25.5 Å². The van der Waals surface area contributed by atoms with E-state index in [0.29, 0.717) is 11.8 Å². The van der Waals surface area contributed by atoms with E-state index in [-0.39, 0.29) is 23.5 Å². The lowest BCUT2D eigenvalue weighted by molar-refractivity contribution is 0.0913. The molecule has 1 aliphatic carbocycles. The smallest absolute Gasteiger partial charge is 0.305 e.